The van der Waals surface area contributed by atoms with Gasteiger partial charge in [-0.15, -0.1) is 0 Å². The highest BCUT2D eigenvalue weighted by Crippen LogP contribution is 2.38. The molecule has 2 heterocycles. The summed E-state index contributed by atoms with van der Waals surface area (Å²) in [6.45, 7) is 3.62. The number of rotatable bonds is 1. The minimum Gasteiger partial charge on any atom is -0.454 e. The topological polar surface area (TPSA) is 33.7 Å². The number of fused-ring (bicyclic) bond motifs is 1. The number of ether oxygens (including phenoxy) is 2. The zero-order valence-corrected chi connectivity index (χ0v) is 11.2. The van der Waals surface area contributed by atoms with Gasteiger partial charge in [0.15, 0.2) is 11.5 Å². The van der Waals surface area contributed by atoms with Gasteiger partial charge in [-0.05, 0) is 25.0 Å². The summed E-state index contributed by atoms with van der Waals surface area (Å²) in [4.78, 5) is 2.49. The van der Waals surface area contributed by atoms with Crippen LogP contribution in [0.15, 0.2) is 18.2 Å². The van der Waals surface area contributed by atoms with Crippen LogP contribution in [-0.2, 0) is 0 Å². The van der Waals surface area contributed by atoms with Crippen molar-refractivity contribution in [2.45, 2.75) is 31.2 Å². The summed E-state index contributed by atoms with van der Waals surface area (Å²) in [6.07, 6.45) is 5.35. The maximum absolute atomic E-state index is 5.48. The van der Waals surface area contributed by atoms with Crippen LogP contribution < -0.4 is 19.7 Å². The first-order chi connectivity index (χ1) is 9.35. The molecule has 1 N–H and O–H groups in total. The number of anilines is 1. The second-order valence-corrected chi connectivity index (χ2v) is 5.87. The summed E-state index contributed by atoms with van der Waals surface area (Å²) < 4.78 is 10.9. The Morgan fingerprint density at radius 2 is 1.95 bits per heavy atom. The first-order valence-corrected chi connectivity index (χ1v) is 7.24. The second-order valence-electron chi connectivity index (χ2n) is 5.87. The molecule has 0 amide bonds. The Morgan fingerprint density at radius 1 is 1.11 bits per heavy atom. The molecule has 1 aromatic carbocycles. The van der Waals surface area contributed by atoms with Gasteiger partial charge in [-0.25, -0.2) is 0 Å². The lowest BCUT2D eigenvalue weighted by Crippen LogP contribution is -2.59. The van der Waals surface area contributed by atoms with Gasteiger partial charge in [-0.2, -0.15) is 0 Å². The van der Waals surface area contributed by atoms with Gasteiger partial charge >= 0.3 is 0 Å². The first kappa shape index (κ1) is 11.4. The standard InChI is InChI=1S/C15H20N2O2/c1-2-6-15(5-1)10-17(8-7-16-15)12-3-4-13-14(9-12)19-11-18-13/h3-4,9,16H,1-2,5-8,10-11H2. The van der Waals surface area contributed by atoms with Crippen molar-refractivity contribution in [2.75, 3.05) is 31.3 Å². The molecule has 0 radical (unpaired) electrons. The highest BCUT2D eigenvalue weighted by Gasteiger charge is 2.37. The van der Waals surface area contributed by atoms with Gasteiger partial charge < -0.3 is 19.7 Å². The molecule has 0 unspecified atom stereocenters. The Balaban J connectivity index is 1.58. The molecule has 4 nitrogen and oxygen atoms in total. The van der Waals surface area contributed by atoms with Crippen molar-refractivity contribution in [3.05, 3.63) is 18.2 Å². The molecule has 19 heavy (non-hydrogen) atoms. The lowest BCUT2D eigenvalue weighted by molar-refractivity contribution is 0.174. The predicted octanol–water partition coefficient (Wildman–Crippen LogP) is 2.14. The minimum atomic E-state index is 0.351. The third kappa shape index (κ3) is 1.94. The Morgan fingerprint density at radius 3 is 2.84 bits per heavy atom. The Hall–Kier alpha value is -1.42. The van der Waals surface area contributed by atoms with E-state index in [1.54, 1.807) is 0 Å². The normalized spacial score (nSPS) is 24.1. The molecule has 2 fully saturated rings. The number of piperazine rings is 1. The van der Waals surface area contributed by atoms with Crippen molar-refractivity contribution in [1.82, 2.24) is 5.32 Å². The second kappa shape index (κ2) is 4.30. The van der Waals surface area contributed by atoms with Crippen molar-refractivity contribution in [3.8, 4) is 11.5 Å². The van der Waals surface area contributed by atoms with Gasteiger partial charge in [0.2, 0.25) is 6.79 Å². The van der Waals surface area contributed by atoms with Crippen LogP contribution in [0.1, 0.15) is 25.7 Å². The summed E-state index contributed by atoms with van der Waals surface area (Å²) in [5.41, 5.74) is 1.62. The zero-order chi connectivity index (χ0) is 12.7. The Bertz CT molecular complexity index is 483. The average molecular weight is 260 g/mol. The largest absolute Gasteiger partial charge is 0.454 e. The highest BCUT2D eigenvalue weighted by atomic mass is 16.7. The van der Waals surface area contributed by atoms with Crippen molar-refractivity contribution in [2.24, 2.45) is 0 Å². The van der Waals surface area contributed by atoms with E-state index in [4.69, 9.17) is 9.47 Å². The van der Waals surface area contributed by atoms with Crippen LogP contribution >= 0.6 is 0 Å². The van der Waals surface area contributed by atoms with Crippen LogP contribution in [0, 0.1) is 0 Å². The monoisotopic (exact) mass is 260 g/mol. The Labute approximate surface area is 113 Å². The van der Waals surface area contributed by atoms with Gasteiger partial charge in [0.05, 0.1) is 0 Å². The molecular weight excluding hydrogens is 240 g/mol. The minimum absolute atomic E-state index is 0.351. The fourth-order valence-corrected chi connectivity index (χ4v) is 3.65. The molecule has 0 bridgehead atoms. The molecule has 102 valence electrons. The van der Waals surface area contributed by atoms with Crippen LogP contribution in [0.3, 0.4) is 0 Å². The van der Waals surface area contributed by atoms with Crippen molar-refractivity contribution in [3.63, 3.8) is 0 Å². The summed E-state index contributed by atoms with van der Waals surface area (Å²) in [7, 11) is 0. The molecule has 4 rings (SSSR count). The number of benzene rings is 1. The molecule has 1 aromatic rings. The van der Waals surface area contributed by atoms with Gasteiger partial charge in [0.1, 0.15) is 0 Å². The van der Waals surface area contributed by atoms with E-state index in [1.807, 2.05) is 6.07 Å². The van der Waals surface area contributed by atoms with Crippen LogP contribution in [0.25, 0.3) is 0 Å². The lowest BCUT2D eigenvalue weighted by Gasteiger charge is -2.42. The zero-order valence-electron chi connectivity index (χ0n) is 11.2. The van der Waals surface area contributed by atoms with E-state index in [0.717, 1.165) is 31.1 Å². The molecule has 1 aliphatic carbocycles. The van der Waals surface area contributed by atoms with Crippen molar-refractivity contribution < 1.29 is 9.47 Å². The summed E-state index contributed by atoms with van der Waals surface area (Å²) >= 11 is 0. The van der Waals surface area contributed by atoms with Gasteiger partial charge in [-0.1, -0.05) is 12.8 Å². The van der Waals surface area contributed by atoms with E-state index in [1.165, 1.54) is 31.4 Å². The molecular formula is C15H20N2O2. The highest BCUT2D eigenvalue weighted by molar-refractivity contribution is 5.57. The van der Waals surface area contributed by atoms with Crippen LogP contribution in [-0.4, -0.2) is 32.0 Å². The van der Waals surface area contributed by atoms with Crippen molar-refractivity contribution in [1.29, 1.82) is 0 Å². The van der Waals surface area contributed by atoms with Crippen LogP contribution in [0.5, 0.6) is 11.5 Å². The summed E-state index contributed by atoms with van der Waals surface area (Å²) in [5, 5.41) is 3.75. The van der Waals surface area contributed by atoms with Gasteiger partial charge in [0.25, 0.3) is 0 Å². The third-order valence-electron chi connectivity index (χ3n) is 4.66. The molecule has 0 aromatic heterocycles. The number of nitrogens with zero attached hydrogens (tertiary/aromatic N) is 1. The smallest absolute Gasteiger partial charge is 0.231 e. The van der Waals surface area contributed by atoms with Gasteiger partial charge in [-0.3, -0.25) is 0 Å². The first-order valence-electron chi connectivity index (χ1n) is 7.24. The predicted molar refractivity (Wildman–Crippen MR) is 74.0 cm³/mol. The van der Waals surface area contributed by atoms with E-state index in [-0.39, 0.29) is 0 Å². The maximum atomic E-state index is 5.48. The summed E-state index contributed by atoms with van der Waals surface area (Å²) in [6, 6.07) is 6.30. The van der Waals surface area contributed by atoms with E-state index in [0.29, 0.717) is 12.3 Å². The average Bonchev–Trinajstić information content (AvgIpc) is 3.07. The molecule has 1 spiro atoms. The van der Waals surface area contributed by atoms with Crippen LogP contribution in [0.4, 0.5) is 5.69 Å². The van der Waals surface area contributed by atoms with E-state index in [2.05, 4.69) is 22.3 Å². The number of nitrogens with one attached hydrogen (secondary N) is 1. The quantitative estimate of drug-likeness (QED) is 0.839. The SMILES string of the molecule is c1cc2c(cc1N1CCNC3(CCCC3)C1)OCO2. The van der Waals surface area contributed by atoms with E-state index >= 15 is 0 Å². The third-order valence-corrected chi connectivity index (χ3v) is 4.66. The maximum Gasteiger partial charge on any atom is 0.231 e. The Kier molecular flexibility index (Phi) is 2.58. The molecule has 1 saturated heterocycles. The molecule has 3 aliphatic rings. The van der Waals surface area contributed by atoms with E-state index in [9.17, 15) is 0 Å². The fourth-order valence-electron chi connectivity index (χ4n) is 3.65. The molecule has 4 heteroatoms. The van der Waals surface area contributed by atoms with Crippen molar-refractivity contribution >= 4 is 5.69 Å². The fraction of sp³-hybridized carbons (Fsp3) is 0.600. The molecule has 2 aliphatic heterocycles. The van der Waals surface area contributed by atoms with Gasteiger partial charge in [0, 0.05) is 36.9 Å². The summed E-state index contributed by atoms with van der Waals surface area (Å²) in [5.74, 6) is 1.76. The number of hydrogen-bond acceptors (Lipinski definition) is 4. The van der Waals surface area contributed by atoms with E-state index < -0.39 is 0 Å². The van der Waals surface area contributed by atoms with Crippen LogP contribution in [0.2, 0.25) is 0 Å². The number of hydrogen-bond donors (Lipinski definition) is 1. The lowest BCUT2D eigenvalue weighted by atomic mass is 9.94. The molecule has 1 saturated carbocycles. The molecule has 0 atom stereocenters.